The average Bonchev–Trinajstić information content (AvgIpc) is 3.03. The number of rotatable bonds is 5. The van der Waals surface area contributed by atoms with E-state index in [1.165, 1.54) is 22.8 Å². The van der Waals surface area contributed by atoms with Gasteiger partial charge in [-0.2, -0.15) is 5.10 Å². The number of halogens is 2. The first-order valence-corrected chi connectivity index (χ1v) is 7.68. The SMILES string of the molecule is CC(Nc1ccn2ncc(/C(N)=N/O)c2n1)c1cc(F)ccc1C(N)F. The zero-order valence-electron chi connectivity index (χ0n) is 13.8. The van der Waals surface area contributed by atoms with Gasteiger partial charge in [-0.25, -0.2) is 18.3 Å². The van der Waals surface area contributed by atoms with Crippen LogP contribution in [0.3, 0.4) is 0 Å². The Balaban J connectivity index is 1.95. The molecule has 2 atom stereocenters. The summed E-state index contributed by atoms with van der Waals surface area (Å²) in [6, 6.07) is 4.86. The van der Waals surface area contributed by atoms with E-state index in [-0.39, 0.29) is 11.4 Å². The van der Waals surface area contributed by atoms with Gasteiger partial charge in [-0.05, 0) is 30.7 Å². The minimum Gasteiger partial charge on any atom is -0.409 e. The van der Waals surface area contributed by atoms with E-state index in [9.17, 15) is 8.78 Å². The molecule has 136 valence electrons. The summed E-state index contributed by atoms with van der Waals surface area (Å²) in [6.07, 6.45) is 1.31. The van der Waals surface area contributed by atoms with Crippen LogP contribution in [0.15, 0.2) is 41.8 Å². The number of amidine groups is 1. The molecule has 6 N–H and O–H groups in total. The maximum absolute atomic E-state index is 13.6. The van der Waals surface area contributed by atoms with Crippen LogP contribution in [0.5, 0.6) is 0 Å². The highest BCUT2D eigenvalue weighted by Crippen LogP contribution is 2.27. The van der Waals surface area contributed by atoms with Gasteiger partial charge in [0.05, 0.1) is 17.8 Å². The number of fused-ring (bicyclic) bond motifs is 1. The van der Waals surface area contributed by atoms with Gasteiger partial charge >= 0.3 is 0 Å². The Bertz CT molecular complexity index is 970. The molecule has 2 heterocycles. The van der Waals surface area contributed by atoms with Crippen molar-refractivity contribution in [2.45, 2.75) is 19.3 Å². The van der Waals surface area contributed by atoms with Gasteiger partial charge in [-0.3, -0.25) is 5.73 Å². The molecule has 0 radical (unpaired) electrons. The second-order valence-corrected chi connectivity index (χ2v) is 5.67. The summed E-state index contributed by atoms with van der Waals surface area (Å²) in [5.74, 6) is -0.208. The molecule has 0 aliphatic rings. The Morgan fingerprint density at radius 3 is 2.81 bits per heavy atom. The van der Waals surface area contributed by atoms with E-state index in [1.807, 2.05) is 0 Å². The molecule has 0 bridgehead atoms. The normalized spacial score (nSPS) is 14.4. The van der Waals surface area contributed by atoms with E-state index < -0.39 is 18.2 Å². The number of hydrogen-bond acceptors (Lipinski definition) is 6. The van der Waals surface area contributed by atoms with Gasteiger partial charge in [0.2, 0.25) is 0 Å². The smallest absolute Gasteiger partial charge is 0.175 e. The fraction of sp³-hybridized carbons (Fsp3) is 0.188. The molecule has 0 amide bonds. The van der Waals surface area contributed by atoms with Gasteiger partial charge in [0, 0.05) is 11.8 Å². The largest absolute Gasteiger partial charge is 0.409 e. The van der Waals surface area contributed by atoms with Crippen LogP contribution in [0.1, 0.15) is 36.0 Å². The molecule has 10 heteroatoms. The van der Waals surface area contributed by atoms with Crippen LogP contribution in [0.4, 0.5) is 14.6 Å². The molecule has 0 saturated carbocycles. The summed E-state index contributed by atoms with van der Waals surface area (Å²) in [5.41, 5.74) is 12.2. The molecule has 0 fully saturated rings. The van der Waals surface area contributed by atoms with Crippen LogP contribution in [0, 0.1) is 5.82 Å². The molecule has 8 nitrogen and oxygen atoms in total. The fourth-order valence-corrected chi connectivity index (χ4v) is 2.66. The quantitative estimate of drug-likeness (QED) is 0.181. The molecule has 26 heavy (non-hydrogen) atoms. The highest BCUT2D eigenvalue weighted by Gasteiger charge is 2.17. The molecular weight excluding hydrogens is 344 g/mol. The van der Waals surface area contributed by atoms with Crippen LogP contribution in [-0.2, 0) is 0 Å². The molecule has 3 aromatic rings. The second-order valence-electron chi connectivity index (χ2n) is 5.67. The summed E-state index contributed by atoms with van der Waals surface area (Å²) < 4.78 is 28.7. The Kier molecular flexibility index (Phi) is 4.67. The van der Waals surface area contributed by atoms with Crippen LogP contribution in [0.2, 0.25) is 0 Å². The van der Waals surface area contributed by atoms with Crippen LogP contribution >= 0.6 is 0 Å². The fourth-order valence-electron chi connectivity index (χ4n) is 2.66. The number of aromatic nitrogens is 3. The summed E-state index contributed by atoms with van der Waals surface area (Å²) in [4.78, 5) is 4.37. The molecule has 0 aliphatic heterocycles. The number of alkyl halides is 1. The molecule has 2 unspecified atom stereocenters. The summed E-state index contributed by atoms with van der Waals surface area (Å²) >= 11 is 0. The monoisotopic (exact) mass is 361 g/mol. The van der Waals surface area contributed by atoms with Crippen LogP contribution < -0.4 is 16.8 Å². The third kappa shape index (κ3) is 3.26. The Morgan fingerprint density at radius 2 is 2.12 bits per heavy atom. The topological polar surface area (TPSA) is 127 Å². The summed E-state index contributed by atoms with van der Waals surface area (Å²) in [5, 5.41) is 18.9. The third-order valence-electron chi connectivity index (χ3n) is 3.93. The molecule has 3 rings (SSSR count). The van der Waals surface area contributed by atoms with E-state index in [0.717, 1.165) is 6.07 Å². The van der Waals surface area contributed by atoms with Crippen molar-refractivity contribution in [2.24, 2.45) is 16.6 Å². The maximum atomic E-state index is 13.6. The minimum absolute atomic E-state index is 0.131. The standard InChI is InChI=1S/C16H17F2N7O/c1-8(11-6-9(17)2-3-10(11)14(18)19)22-13-4-5-25-16(23-13)12(7-21-25)15(20)24-26/h2-8,14,26H,19H2,1H3,(H2,20,24)(H,22,23). The lowest BCUT2D eigenvalue weighted by atomic mass is 10.0. The van der Waals surface area contributed by atoms with Crippen molar-refractivity contribution in [3.05, 3.63) is 59.2 Å². The highest BCUT2D eigenvalue weighted by molar-refractivity contribution is 6.02. The first-order chi connectivity index (χ1) is 12.4. The molecule has 2 aromatic heterocycles. The highest BCUT2D eigenvalue weighted by atomic mass is 19.1. The number of nitrogens with zero attached hydrogens (tertiary/aromatic N) is 4. The number of anilines is 1. The van der Waals surface area contributed by atoms with Gasteiger partial charge in [0.1, 0.15) is 11.6 Å². The van der Waals surface area contributed by atoms with E-state index in [2.05, 4.69) is 20.6 Å². The van der Waals surface area contributed by atoms with Crippen LogP contribution in [-0.4, -0.2) is 25.6 Å². The number of hydrogen-bond donors (Lipinski definition) is 4. The van der Waals surface area contributed by atoms with Gasteiger partial charge in [-0.1, -0.05) is 11.2 Å². The Labute approximate surface area is 147 Å². The predicted octanol–water partition coefficient (Wildman–Crippen LogP) is 2.06. The van der Waals surface area contributed by atoms with Crippen molar-refractivity contribution < 1.29 is 14.0 Å². The maximum Gasteiger partial charge on any atom is 0.175 e. The van der Waals surface area contributed by atoms with Crippen molar-refractivity contribution in [2.75, 3.05) is 5.32 Å². The van der Waals surface area contributed by atoms with E-state index in [1.54, 1.807) is 19.2 Å². The van der Waals surface area contributed by atoms with Crippen molar-refractivity contribution in [3.63, 3.8) is 0 Å². The van der Waals surface area contributed by atoms with Gasteiger partial charge in [0.15, 0.2) is 17.8 Å². The van der Waals surface area contributed by atoms with E-state index in [0.29, 0.717) is 22.6 Å². The summed E-state index contributed by atoms with van der Waals surface area (Å²) in [7, 11) is 0. The number of oxime groups is 1. The zero-order valence-corrected chi connectivity index (χ0v) is 13.8. The number of nitrogens with two attached hydrogens (primary N) is 2. The lowest BCUT2D eigenvalue weighted by Crippen LogP contribution is -2.15. The second kappa shape index (κ2) is 6.92. The Hall–Kier alpha value is -3.27. The third-order valence-corrected chi connectivity index (χ3v) is 3.93. The first-order valence-electron chi connectivity index (χ1n) is 7.68. The number of benzene rings is 1. The van der Waals surface area contributed by atoms with E-state index in [4.69, 9.17) is 16.7 Å². The Morgan fingerprint density at radius 1 is 1.35 bits per heavy atom. The average molecular weight is 361 g/mol. The van der Waals surface area contributed by atoms with Gasteiger partial charge < -0.3 is 16.3 Å². The molecule has 0 saturated heterocycles. The lowest BCUT2D eigenvalue weighted by Gasteiger charge is -2.19. The molecule has 0 aliphatic carbocycles. The van der Waals surface area contributed by atoms with Crippen molar-refractivity contribution in [1.29, 1.82) is 0 Å². The van der Waals surface area contributed by atoms with Crippen molar-refractivity contribution >= 4 is 17.3 Å². The van der Waals surface area contributed by atoms with Crippen molar-refractivity contribution in [3.8, 4) is 0 Å². The predicted molar refractivity (Wildman–Crippen MR) is 92.0 cm³/mol. The first kappa shape index (κ1) is 17.5. The van der Waals surface area contributed by atoms with Crippen molar-refractivity contribution in [1.82, 2.24) is 14.6 Å². The molecule has 1 aromatic carbocycles. The van der Waals surface area contributed by atoms with Crippen LogP contribution in [0.25, 0.3) is 5.65 Å². The van der Waals surface area contributed by atoms with E-state index >= 15 is 0 Å². The zero-order chi connectivity index (χ0) is 18.8. The molecular formula is C16H17F2N7O. The minimum atomic E-state index is -1.73. The summed E-state index contributed by atoms with van der Waals surface area (Å²) in [6.45, 7) is 1.73. The van der Waals surface area contributed by atoms with Gasteiger partial charge in [-0.15, -0.1) is 0 Å². The van der Waals surface area contributed by atoms with Gasteiger partial charge in [0.25, 0.3) is 0 Å². The number of nitrogens with one attached hydrogen (secondary N) is 1. The molecule has 0 spiro atoms. The lowest BCUT2D eigenvalue weighted by molar-refractivity contribution is 0.318.